The predicted molar refractivity (Wildman–Crippen MR) is 137 cm³/mol. The first kappa shape index (κ1) is 24.4. The molecular formula is C30H26F2N2O3. The van der Waals surface area contributed by atoms with Crippen LogP contribution in [0.15, 0.2) is 79.1 Å². The van der Waals surface area contributed by atoms with Crippen LogP contribution in [0.25, 0.3) is 11.3 Å². The number of phenolic OH excluding ortho intramolecular Hbond substituents is 1. The Morgan fingerprint density at radius 1 is 1.08 bits per heavy atom. The van der Waals surface area contributed by atoms with Gasteiger partial charge in [0.05, 0.1) is 7.11 Å². The number of ether oxygens (including phenoxy) is 1. The molecule has 0 saturated heterocycles. The number of Topliss-reactive ketones (excluding diaryl/α,β-unsaturated/α-hetero) is 1. The fourth-order valence-electron chi connectivity index (χ4n) is 4.96. The van der Waals surface area contributed by atoms with Crippen molar-refractivity contribution in [1.82, 2.24) is 9.55 Å². The Morgan fingerprint density at radius 3 is 2.57 bits per heavy atom. The van der Waals surface area contributed by atoms with Crippen LogP contribution in [0.3, 0.4) is 0 Å². The number of halogens is 2. The minimum atomic E-state index is -0.661. The lowest BCUT2D eigenvalue weighted by atomic mass is 9.90. The van der Waals surface area contributed by atoms with E-state index in [1.807, 2.05) is 41.0 Å². The van der Waals surface area contributed by atoms with Gasteiger partial charge in [0.1, 0.15) is 34.7 Å². The summed E-state index contributed by atoms with van der Waals surface area (Å²) in [4.78, 5) is 17.9. The Kier molecular flexibility index (Phi) is 6.86. The second-order valence-corrected chi connectivity index (χ2v) is 9.23. The lowest BCUT2D eigenvalue weighted by Gasteiger charge is -2.19. The number of ketones is 1. The summed E-state index contributed by atoms with van der Waals surface area (Å²) in [5.74, 6) is -0.265. The molecule has 0 radical (unpaired) electrons. The highest BCUT2D eigenvalue weighted by molar-refractivity contribution is 5.92. The van der Waals surface area contributed by atoms with Crippen molar-refractivity contribution in [2.45, 2.75) is 31.6 Å². The molecule has 5 nitrogen and oxygen atoms in total. The fourth-order valence-corrected chi connectivity index (χ4v) is 4.96. The van der Waals surface area contributed by atoms with Gasteiger partial charge in [0.15, 0.2) is 0 Å². The third-order valence-corrected chi connectivity index (χ3v) is 6.66. The van der Waals surface area contributed by atoms with Gasteiger partial charge in [-0.1, -0.05) is 12.1 Å². The van der Waals surface area contributed by atoms with E-state index in [2.05, 4.69) is 4.98 Å². The summed E-state index contributed by atoms with van der Waals surface area (Å²) >= 11 is 0. The number of carbonyl (C=O) groups is 1. The van der Waals surface area contributed by atoms with Gasteiger partial charge in [0.2, 0.25) is 0 Å². The van der Waals surface area contributed by atoms with Crippen molar-refractivity contribution >= 4 is 11.4 Å². The van der Waals surface area contributed by atoms with Gasteiger partial charge in [-0.3, -0.25) is 4.79 Å². The molecule has 3 aromatic carbocycles. The quantitative estimate of drug-likeness (QED) is 0.298. The molecule has 0 bridgehead atoms. The number of fused-ring (bicyclic) bond motifs is 1. The van der Waals surface area contributed by atoms with E-state index in [0.717, 1.165) is 28.5 Å². The molecule has 1 heterocycles. The molecule has 1 aliphatic rings. The minimum absolute atomic E-state index is 0.0198. The van der Waals surface area contributed by atoms with Crippen LogP contribution in [0.4, 0.5) is 8.78 Å². The van der Waals surface area contributed by atoms with E-state index in [9.17, 15) is 18.7 Å². The number of methoxy groups -OCH3 is 1. The molecule has 0 fully saturated rings. The number of nitrogens with zero attached hydrogens (tertiary/aromatic N) is 2. The average Bonchev–Trinajstić information content (AvgIpc) is 3.51. The minimum Gasteiger partial charge on any atom is -0.508 e. The number of hydrogen-bond acceptors (Lipinski definition) is 4. The Morgan fingerprint density at radius 2 is 1.84 bits per heavy atom. The zero-order valence-electron chi connectivity index (χ0n) is 20.3. The highest BCUT2D eigenvalue weighted by atomic mass is 19.1. The molecule has 1 aromatic heterocycles. The molecule has 0 saturated carbocycles. The van der Waals surface area contributed by atoms with E-state index in [1.165, 1.54) is 12.1 Å². The topological polar surface area (TPSA) is 64.4 Å². The molecule has 0 unspecified atom stereocenters. The number of allylic oxidation sites excluding steroid dienone is 2. The maximum atomic E-state index is 14.0. The van der Waals surface area contributed by atoms with E-state index in [4.69, 9.17) is 4.74 Å². The van der Waals surface area contributed by atoms with E-state index >= 15 is 0 Å². The maximum Gasteiger partial charge on any atom is 0.138 e. The number of imidazole rings is 1. The summed E-state index contributed by atoms with van der Waals surface area (Å²) in [6.07, 6.45) is 6.76. The molecule has 37 heavy (non-hydrogen) atoms. The number of rotatable bonds is 9. The van der Waals surface area contributed by atoms with Crippen LogP contribution in [0.2, 0.25) is 0 Å². The van der Waals surface area contributed by atoms with Gasteiger partial charge < -0.3 is 14.4 Å². The van der Waals surface area contributed by atoms with E-state index in [0.29, 0.717) is 23.6 Å². The van der Waals surface area contributed by atoms with Crippen LogP contribution in [0.5, 0.6) is 11.5 Å². The van der Waals surface area contributed by atoms with Gasteiger partial charge in [-0.2, -0.15) is 0 Å². The summed E-state index contributed by atoms with van der Waals surface area (Å²) in [6.45, 7) is 0. The van der Waals surface area contributed by atoms with Crippen LogP contribution < -0.4 is 4.74 Å². The third-order valence-electron chi connectivity index (χ3n) is 6.66. The first-order valence-corrected chi connectivity index (χ1v) is 12.0. The zero-order chi connectivity index (χ0) is 25.9. The van der Waals surface area contributed by atoms with Gasteiger partial charge in [0, 0.05) is 42.9 Å². The summed E-state index contributed by atoms with van der Waals surface area (Å²) in [5, 5.41) is 9.91. The molecular weight excluding hydrogens is 474 g/mol. The lowest BCUT2D eigenvalue weighted by molar-refractivity contribution is -0.118. The average molecular weight is 501 g/mol. The van der Waals surface area contributed by atoms with Gasteiger partial charge >= 0.3 is 0 Å². The normalized spacial score (nSPS) is 13.2. The maximum absolute atomic E-state index is 14.0. The lowest BCUT2D eigenvalue weighted by Crippen LogP contribution is -2.15. The second kappa shape index (κ2) is 10.4. The SMILES string of the molecule is COc1ccc(-n2ccnc2[C@@H](CC(=O)CC2=CCc3ccc(O)cc32)Cc2cc(F)cc(F)c2)cc1. The van der Waals surface area contributed by atoms with E-state index in [1.54, 1.807) is 31.6 Å². The standard InChI is InChI=1S/C30H26F2N2O3/c1-37-28-8-5-25(6-9-28)34-11-10-33-30(34)22(12-19-13-23(31)17-24(32)14-19)16-27(36)15-21-3-2-20-4-7-26(35)18-29(20)21/h3-11,13-14,17-18,22,35H,2,12,15-16H2,1H3/t22-/m1/s1. The number of phenols is 1. The second-order valence-electron chi connectivity index (χ2n) is 9.23. The molecule has 1 atom stereocenters. The highest BCUT2D eigenvalue weighted by Crippen LogP contribution is 2.34. The van der Waals surface area contributed by atoms with E-state index < -0.39 is 17.6 Å². The number of hydrogen-bond donors (Lipinski definition) is 1. The zero-order valence-corrected chi connectivity index (χ0v) is 20.3. The molecule has 7 heteroatoms. The molecule has 1 N–H and O–H groups in total. The third kappa shape index (κ3) is 5.45. The first-order chi connectivity index (χ1) is 17.9. The van der Waals surface area contributed by atoms with Crippen molar-refractivity contribution in [1.29, 1.82) is 0 Å². The Labute approximate surface area is 213 Å². The first-order valence-electron chi connectivity index (χ1n) is 12.0. The van der Waals surface area contributed by atoms with Crippen molar-refractivity contribution in [3.05, 3.63) is 113 Å². The van der Waals surface area contributed by atoms with Crippen LogP contribution in [-0.2, 0) is 17.6 Å². The predicted octanol–water partition coefficient (Wildman–Crippen LogP) is 6.18. The van der Waals surface area contributed by atoms with E-state index in [-0.39, 0.29) is 30.8 Å². The highest BCUT2D eigenvalue weighted by Gasteiger charge is 2.25. The monoisotopic (exact) mass is 500 g/mol. The van der Waals surface area contributed by atoms with Crippen molar-refractivity contribution in [3.8, 4) is 17.2 Å². The molecule has 4 aromatic rings. The van der Waals surface area contributed by atoms with Crippen molar-refractivity contribution < 1.29 is 23.4 Å². The number of aromatic hydroxyl groups is 1. The largest absolute Gasteiger partial charge is 0.508 e. The van der Waals surface area contributed by atoms with Gasteiger partial charge in [-0.25, -0.2) is 13.8 Å². The Balaban J connectivity index is 1.43. The molecule has 0 spiro atoms. The molecule has 0 amide bonds. The Bertz CT molecular complexity index is 1450. The van der Waals surface area contributed by atoms with Gasteiger partial charge in [-0.05, 0) is 83.6 Å². The molecule has 5 rings (SSSR count). The van der Waals surface area contributed by atoms with Gasteiger partial charge in [0.25, 0.3) is 0 Å². The van der Waals surface area contributed by atoms with Crippen molar-refractivity contribution in [2.24, 2.45) is 0 Å². The summed E-state index contributed by atoms with van der Waals surface area (Å²) < 4.78 is 35.1. The molecule has 0 aliphatic heterocycles. The smallest absolute Gasteiger partial charge is 0.138 e. The van der Waals surface area contributed by atoms with Crippen LogP contribution in [0.1, 0.15) is 41.3 Å². The molecule has 1 aliphatic carbocycles. The number of benzene rings is 3. The van der Waals surface area contributed by atoms with Crippen LogP contribution in [-0.4, -0.2) is 27.6 Å². The van der Waals surface area contributed by atoms with Crippen LogP contribution in [0, 0.1) is 11.6 Å². The summed E-state index contributed by atoms with van der Waals surface area (Å²) in [6, 6.07) is 16.1. The summed E-state index contributed by atoms with van der Waals surface area (Å²) in [7, 11) is 1.59. The Hall–Kier alpha value is -4.26. The van der Waals surface area contributed by atoms with Crippen molar-refractivity contribution in [3.63, 3.8) is 0 Å². The van der Waals surface area contributed by atoms with Crippen molar-refractivity contribution in [2.75, 3.05) is 7.11 Å². The van der Waals surface area contributed by atoms with Crippen LogP contribution >= 0.6 is 0 Å². The number of aromatic nitrogens is 2. The molecule has 188 valence electrons. The number of carbonyl (C=O) groups excluding carboxylic acids is 1. The fraction of sp³-hybridized carbons (Fsp3) is 0.200. The van der Waals surface area contributed by atoms with Gasteiger partial charge in [-0.15, -0.1) is 0 Å². The summed E-state index contributed by atoms with van der Waals surface area (Å²) in [5.41, 5.74) is 4.12.